The summed E-state index contributed by atoms with van der Waals surface area (Å²) in [6.07, 6.45) is 4.52. The molecule has 1 amide bonds. The molecule has 1 aliphatic heterocycles. The van der Waals surface area contributed by atoms with Gasteiger partial charge in [-0.25, -0.2) is 0 Å². The topological polar surface area (TPSA) is 56.3 Å². The molecule has 2 heterocycles. The molecule has 4 nitrogen and oxygen atoms in total. The molecule has 1 saturated heterocycles. The highest BCUT2D eigenvalue weighted by molar-refractivity contribution is 5.89. The Hall–Kier alpha value is -1.81. The van der Waals surface area contributed by atoms with Crippen LogP contribution in [0.2, 0.25) is 0 Å². The maximum atomic E-state index is 12.4. The predicted octanol–water partition coefficient (Wildman–Crippen LogP) is 2.43. The Kier molecular flexibility index (Phi) is 3.22. The molecule has 1 unspecified atom stereocenters. The minimum Gasteiger partial charge on any atom is -0.396 e. The number of aliphatic hydroxyl groups is 1. The summed E-state index contributed by atoms with van der Waals surface area (Å²) < 4.78 is 0. The van der Waals surface area contributed by atoms with Crippen LogP contribution in [0.5, 0.6) is 0 Å². The minimum absolute atomic E-state index is 0.159. The van der Waals surface area contributed by atoms with Gasteiger partial charge in [-0.05, 0) is 30.0 Å². The van der Waals surface area contributed by atoms with Crippen LogP contribution in [-0.2, 0) is 11.2 Å². The van der Waals surface area contributed by atoms with Gasteiger partial charge in [0.2, 0.25) is 5.91 Å². The van der Waals surface area contributed by atoms with Crippen molar-refractivity contribution < 1.29 is 9.90 Å². The number of carbonyl (C=O) groups excluding carboxylic acids is 1. The Bertz CT molecular complexity index is 721. The number of hydrogen-bond acceptors (Lipinski definition) is 2. The smallest absolute Gasteiger partial charge is 0.222 e. The van der Waals surface area contributed by atoms with Crippen LogP contribution in [0.25, 0.3) is 10.9 Å². The zero-order valence-electron chi connectivity index (χ0n) is 12.9. The van der Waals surface area contributed by atoms with Crippen LogP contribution in [0.15, 0.2) is 24.4 Å². The van der Waals surface area contributed by atoms with Gasteiger partial charge in [-0.2, -0.15) is 0 Å². The SMILES string of the molecule is CCC(=O)N1CC(CO)C[C@@H]2c3cccc4[nH]cc(c34)C[C@H]21. The summed E-state index contributed by atoms with van der Waals surface area (Å²) in [5.41, 5.74) is 3.85. The third-order valence-corrected chi connectivity index (χ3v) is 5.44. The van der Waals surface area contributed by atoms with Crippen LogP contribution in [0, 0.1) is 5.92 Å². The second kappa shape index (κ2) is 5.13. The van der Waals surface area contributed by atoms with Crippen molar-refractivity contribution in [2.75, 3.05) is 13.2 Å². The van der Waals surface area contributed by atoms with Gasteiger partial charge in [0.05, 0.1) is 0 Å². The molecule has 1 fully saturated rings. The van der Waals surface area contributed by atoms with Crippen molar-refractivity contribution in [2.45, 2.75) is 38.1 Å². The summed E-state index contributed by atoms with van der Waals surface area (Å²) in [5.74, 6) is 0.736. The number of hydrogen-bond donors (Lipinski definition) is 2. The fraction of sp³-hybridized carbons (Fsp3) is 0.500. The van der Waals surface area contributed by atoms with Crippen molar-refractivity contribution in [1.29, 1.82) is 0 Å². The molecule has 4 heteroatoms. The lowest BCUT2D eigenvalue weighted by Crippen LogP contribution is -2.53. The summed E-state index contributed by atoms with van der Waals surface area (Å²) in [6.45, 7) is 2.78. The van der Waals surface area contributed by atoms with Crippen molar-refractivity contribution >= 4 is 16.8 Å². The maximum absolute atomic E-state index is 12.4. The van der Waals surface area contributed by atoms with Crippen LogP contribution in [0.3, 0.4) is 0 Å². The molecule has 2 N–H and O–H groups in total. The minimum atomic E-state index is 0.159. The van der Waals surface area contributed by atoms with Crippen molar-refractivity contribution in [3.05, 3.63) is 35.5 Å². The first-order chi connectivity index (χ1) is 10.7. The van der Waals surface area contributed by atoms with Crippen molar-refractivity contribution in [1.82, 2.24) is 9.88 Å². The van der Waals surface area contributed by atoms with E-state index in [2.05, 4.69) is 29.4 Å². The molecular formula is C18H22N2O2. The van der Waals surface area contributed by atoms with Crippen LogP contribution in [0.1, 0.15) is 36.8 Å². The van der Waals surface area contributed by atoms with E-state index in [1.807, 2.05) is 11.8 Å². The van der Waals surface area contributed by atoms with E-state index in [-0.39, 0.29) is 24.5 Å². The third kappa shape index (κ3) is 1.90. The number of carbonyl (C=O) groups is 1. The van der Waals surface area contributed by atoms with Gasteiger partial charge in [0.1, 0.15) is 0 Å². The standard InChI is InChI=1S/C18H22N2O2/c1-2-17(22)20-9-11(10-21)6-14-13-4-3-5-15-18(13)12(8-19-15)7-16(14)20/h3-5,8,11,14,16,19,21H,2,6-7,9-10H2,1H3/t11?,14-,16-/m1/s1. The number of amides is 1. The van der Waals surface area contributed by atoms with Gasteiger partial charge in [0.25, 0.3) is 0 Å². The number of piperidine rings is 1. The molecule has 1 aliphatic carbocycles. The molecule has 0 bridgehead atoms. The number of nitrogens with zero attached hydrogens (tertiary/aromatic N) is 1. The molecule has 22 heavy (non-hydrogen) atoms. The van der Waals surface area contributed by atoms with Crippen LogP contribution in [-0.4, -0.2) is 40.1 Å². The van der Waals surface area contributed by atoms with Crippen molar-refractivity contribution in [3.8, 4) is 0 Å². The van der Waals surface area contributed by atoms with Gasteiger partial charge in [-0.15, -0.1) is 0 Å². The van der Waals surface area contributed by atoms with Gasteiger partial charge in [-0.3, -0.25) is 4.79 Å². The molecule has 0 saturated carbocycles. The first-order valence-electron chi connectivity index (χ1n) is 8.22. The van der Waals surface area contributed by atoms with E-state index >= 15 is 0 Å². The molecule has 0 spiro atoms. The van der Waals surface area contributed by atoms with E-state index in [9.17, 15) is 9.90 Å². The number of aliphatic hydroxyl groups excluding tert-OH is 1. The second-order valence-electron chi connectivity index (χ2n) is 6.65. The monoisotopic (exact) mass is 298 g/mol. The number of aromatic amines is 1. The summed E-state index contributed by atoms with van der Waals surface area (Å²) >= 11 is 0. The number of benzene rings is 1. The Morgan fingerprint density at radius 3 is 3.09 bits per heavy atom. The fourth-order valence-corrected chi connectivity index (χ4v) is 4.41. The molecule has 0 radical (unpaired) electrons. The zero-order valence-corrected chi connectivity index (χ0v) is 12.9. The molecular weight excluding hydrogens is 276 g/mol. The Morgan fingerprint density at radius 1 is 1.45 bits per heavy atom. The van der Waals surface area contributed by atoms with E-state index in [0.29, 0.717) is 18.9 Å². The van der Waals surface area contributed by atoms with Gasteiger partial charge in [-0.1, -0.05) is 19.1 Å². The van der Waals surface area contributed by atoms with Crippen LogP contribution >= 0.6 is 0 Å². The lowest BCUT2D eigenvalue weighted by atomic mass is 9.72. The van der Waals surface area contributed by atoms with Crippen molar-refractivity contribution in [3.63, 3.8) is 0 Å². The number of H-pyrrole nitrogens is 1. The molecule has 1 aromatic carbocycles. The van der Waals surface area contributed by atoms with Crippen LogP contribution in [0.4, 0.5) is 0 Å². The highest BCUT2D eigenvalue weighted by Crippen LogP contribution is 2.44. The molecule has 2 aliphatic rings. The Morgan fingerprint density at radius 2 is 2.32 bits per heavy atom. The molecule has 3 atom stereocenters. The third-order valence-electron chi connectivity index (χ3n) is 5.44. The second-order valence-corrected chi connectivity index (χ2v) is 6.65. The number of fused-ring (bicyclic) bond motifs is 2. The lowest BCUT2D eigenvalue weighted by molar-refractivity contribution is -0.136. The largest absolute Gasteiger partial charge is 0.396 e. The lowest BCUT2D eigenvalue weighted by Gasteiger charge is -2.46. The maximum Gasteiger partial charge on any atom is 0.222 e. The summed E-state index contributed by atoms with van der Waals surface area (Å²) in [7, 11) is 0. The Labute approximate surface area is 130 Å². The molecule has 4 rings (SSSR count). The number of aromatic nitrogens is 1. The first-order valence-corrected chi connectivity index (χ1v) is 8.22. The van der Waals surface area contributed by atoms with Gasteiger partial charge >= 0.3 is 0 Å². The Balaban J connectivity index is 1.82. The van der Waals surface area contributed by atoms with Crippen LogP contribution < -0.4 is 0 Å². The van der Waals surface area contributed by atoms with Gasteiger partial charge < -0.3 is 15.0 Å². The molecule has 2 aromatic rings. The molecule has 1 aromatic heterocycles. The summed E-state index contributed by atoms with van der Waals surface area (Å²) in [6, 6.07) is 6.65. The van der Waals surface area contributed by atoms with E-state index < -0.39 is 0 Å². The average molecular weight is 298 g/mol. The first kappa shape index (κ1) is 13.8. The normalized spacial score (nSPS) is 27.0. The van der Waals surface area contributed by atoms with E-state index in [1.165, 1.54) is 22.0 Å². The average Bonchev–Trinajstić information content (AvgIpc) is 2.98. The molecule has 116 valence electrons. The van der Waals surface area contributed by atoms with Crippen molar-refractivity contribution in [2.24, 2.45) is 5.92 Å². The van der Waals surface area contributed by atoms with E-state index in [0.717, 1.165) is 12.8 Å². The number of rotatable bonds is 2. The summed E-state index contributed by atoms with van der Waals surface area (Å²) in [5, 5.41) is 11.0. The summed E-state index contributed by atoms with van der Waals surface area (Å²) in [4.78, 5) is 17.8. The van der Waals surface area contributed by atoms with Gasteiger partial charge in [0, 0.05) is 54.5 Å². The zero-order chi connectivity index (χ0) is 15.3. The highest BCUT2D eigenvalue weighted by atomic mass is 16.3. The highest BCUT2D eigenvalue weighted by Gasteiger charge is 2.41. The van der Waals surface area contributed by atoms with E-state index in [1.54, 1.807) is 0 Å². The number of likely N-dealkylation sites (tertiary alicyclic amines) is 1. The van der Waals surface area contributed by atoms with E-state index in [4.69, 9.17) is 0 Å². The predicted molar refractivity (Wildman–Crippen MR) is 85.7 cm³/mol. The quantitative estimate of drug-likeness (QED) is 0.894. The number of nitrogens with one attached hydrogen (secondary N) is 1. The fourth-order valence-electron chi connectivity index (χ4n) is 4.41. The van der Waals surface area contributed by atoms with Gasteiger partial charge in [0.15, 0.2) is 0 Å².